The molecule has 3 aromatic rings. The van der Waals surface area contributed by atoms with Crippen LogP contribution in [-0.2, 0) is 35.5 Å². The zero-order chi connectivity index (χ0) is 28.0. The minimum absolute atomic E-state index is 0.0582. The van der Waals surface area contributed by atoms with Crippen molar-refractivity contribution in [3.63, 3.8) is 0 Å². The Morgan fingerprint density at radius 1 is 1.07 bits per heavy atom. The fraction of sp³-hybridized carbons (Fsp3) is 0.433. The van der Waals surface area contributed by atoms with E-state index in [4.69, 9.17) is 5.10 Å². The van der Waals surface area contributed by atoms with Gasteiger partial charge in [-0.25, -0.2) is 8.78 Å². The van der Waals surface area contributed by atoms with Gasteiger partial charge in [0, 0.05) is 74.6 Å². The summed E-state index contributed by atoms with van der Waals surface area (Å²) < 4.78 is 29.4. The molecule has 3 aliphatic heterocycles. The average Bonchev–Trinajstić information content (AvgIpc) is 3.47. The van der Waals surface area contributed by atoms with Crippen LogP contribution in [0.4, 0.5) is 14.5 Å². The monoisotopic (exact) mass is 549 g/mol. The smallest absolute Gasteiger partial charge is 0.231 e. The summed E-state index contributed by atoms with van der Waals surface area (Å²) in [5.74, 6) is -1.79. The molecule has 3 aliphatic rings. The molecule has 1 atom stereocenters. The number of nitrogens with zero attached hydrogens (tertiary/aromatic N) is 5. The highest BCUT2D eigenvalue weighted by atomic mass is 19.2. The average molecular weight is 550 g/mol. The number of halogens is 2. The maximum absolute atomic E-state index is 14.1. The van der Waals surface area contributed by atoms with E-state index in [2.05, 4.69) is 4.90 Å². The highest BCUT2D eigenvalue weighted by Gasteiger charge is 2.35. The molecule has 0 spiro atoms. The van der Waals surface area contributed by atoms with Gasteiger partial charge in [-0.05, 0) is 42.7 Å². The normalized spacial score (nSPS) is 18.6. The zero-order valence-corrected chi connectivity index (χ0v) is 22.5. The van der Waals surface area contributed by atoms with Crippen molar-refractivity contribution in [3.8, 4) is 11.3 Å². The Labute approximate surface area is 231 Å². The molecule has 0 aliphatic carbocycles. The second-order valence-corrected chi connectivity index (χ2v) is 11.0. The number of aliphatic hydroxyl groups is 1. The molecule has 6 rings (SSSR count). The number of likely N-dealkylation sites (tertiary alicyclic amines) is 1. The van der Waals surface area contributed by atoms with Gasteiger partial charge >= 0.3 is 0 Å². The second kappa shape index (κ2) is 10.7. The number of hydrogen-bond donors (Lipinski definition) is 1. The molecular weight excluding hydrogens is 516 g/mol. The summed E-state index contributed by atoms with van der Waals surface area (Å²) in [5, 5.41) is 15.8. The van der Waals surface area contributed by atoms with Crippen molar-refractivity contribution in [2.75, 3.05) is 31.1 Å². The van der Waals surface area contributed by atoms with Crippen LogP contribution < -0.4 is 4.90 Å². The number of piperidine rings is 1. The molecule has 4 heterocycles. The van der Waals surface area contributed by atoms with E-state index in [0.717, 1.165) is 60.6 Å². The Bertz CT molecular complexity index is 1450. The summed E-state index contributed by atoms with van der Waals surface area (Å²) >= 11 is 0. The van der Waals surface area contributed by atoms with Gasteiger partial charge in [-0.15, -0.1) is 0 Å². The molecule has 0 saturated carbocycles. The van der Waals surface area contributed by atoms with E-state index in [-0.39, 0.29) is 24.4 Å². The number of aliphatic hydroxyl groups excluding tert-OH is 1. The van der Waals surface area contributed by atoms with Crippen LogP contribution in [0.1, 0.15) is 36.6 Å². The van der Waals surface area contributed by atoms with Crippen LogP contribution >= 0.6 is 0 Å². The number of fused-ring (bicyclic) bond motifs is 2. The van der Waals surface area contributed by atoms with Gasteiger partial charge in [0.25, 0.3) is 0 Å². The molecule has 1 N–H and O–H groups in total. The van der Waals surface area contributed by atoms with Crippen LogP contribution in [0.25, 0.3) is 11.3 Å². The van der Waals surface area contributed by atoms with Gasteiger partial charge in [-0.1, -0.05) is 18.2 Å². The second-order valence-electron chi connectivity index (χ2n) is 11.0. The molecular formula is C30H33F2N5O3. The number of aromatic nitrogens is 2. The van der Waals surface area contributed by atoms with Crippen molar-refractivity contribution in [2.45, 2.75) is 57.8 Å². The Balaban J connectivity index is 1.14. The summed E-state index contributed by atoms with van der Waals surface area (Å²) in [7, 11) is 0. The molecule has 210 valence electrons. The van der Waals surface area contributed by atoms with Gasteiger partial charge in [0.1, 0.15) is 0 Å². The van der Waals surface area contributed by atoms with E-state index < -0.39 is 17.7 Å². The Morgan fingerprint density at radius 3 is 2.60 bits per heavy atom. The highest BCUT2D eigenvalue weighted by molar-refractivity contribution is 6.01. The van der Waals surface area contributed by atoms with Crippen molar-refractivity contribution in [2.24, 2.45) is 0 Å². The molecule has 0 bridgehead atoms. The van der Waals surface area contributed by atoms with Gasteiger partial charge < -0.3 is 19.8 Å². The fourth-order valence-electron chi connectivity index (χ4n) is 6.38. The Kier molecular flexibility index (Phi) is 7.14. The van der Waals surface area contributed by atoms with Crippen LogP contribution in [0.5, 0.6) is 0 Å². The number of carbonyl (C=O) groups is 2. The van der Waals surface area contributed by atoms with E-state index in [1.54, 1.807) is 9.58 Å². The van der Waals surface area contributed by atoms with E-state index >= 15 is 0 Å². The van der Waals surface area contributed by atoms with Gasteiger partial charge in [0.05, 0.1) is 24.8 Å². The lowest BCUT2D eigenvalue weighted by Crippen LogP contribution is -2.48. The number of anilines is 1. The molecule has 0 radical (unpaired) electrons. The first-order valence-electron chi connectivity index (χ1n) is 13.9. The predicted molar refractivity (Wildman–Crippen MR) is 145 cm³/mol. The van der Waals surface area contributed by atoms with Crippen LogP contribution in [0.2, 0.25) is 0 Å². The Morgan fingerprint density at radius 2 is 1.85 bits per heavy atom. The van der Waals surface area contributed by atoms with Gasteiger partial charge in [0.2, 0.25) is 11.8 Å². The molecule has 1 aromatic heterocycles. The summed E-state index contributed by atoms with van der Waals surface area (Å²) in [6.45, 7) is 4.65. The van der Waals surface area contributed by atoms with Crippen molar-refractivity contribution < 1.29 is 23.5 Å². The fourth-order valence-corrected chi connectivity index (χ4v) is 6.38. The van der Waals surface area contributed by atoms with Crippen molar-refractivity contribution in [1.82, 2.24) is 19.6 Å². The standard InChI is InChI=1S/C30H33F2N5O3/c1-19(38)35-13-10-28-24(18-35)30(21-6-7-25(31)26(32)14-21)33-36(28)17-23(39)16-34-11-8-22(9-12-34)37-27-5-3-2-4-20(27)15-29(37)40/h2-7,14,22-23,39H,8-13,15-18H2,1H3. The van der Waals surface area contributed by atoms with Crippen LogP contribution in [0, 0.1) is 11.6 Å². The minimum Gasteiger partial charge on any atom is -0.390 e. The first-order valence-corrected chi connectivity index (χ1v) is 13.9. The molecule has 10 heteroatoms. The summed E-state index contributed by atoms with van der Waals surface area (Å²) in [6, 6.07) is 11.8. The van der Waals surface area contributed by atoms with Crippen LogP contribution in [-0.4, -0.2) is 74.8 Å². The lowest BCUT2D eigenvalue weighted by molar-refractivity contribution is -0.129. The molecule has 8 nitrogen and oxygen atoms in total. The SMILES string of the molecule is CC(=O)N1CCc2c(c(-c3ccc(F)c(F)c3)nn2CC(O)CN2CCC(N3C(=O)Cc4ccccc43)CC2)C1. The molecule has 40 heavy (non-hydrogen) atoms. The van der Waals surface area contributed by atoms with Crippen LogP contribution in [0.3, 0.4) is 0 Å². The van der Waals surface area contributed by atoms with Crippen LogP contribution in [0.15, 0.2) is 42.5 Å². The topological polar surface area (TPSA) is 81.9 Å². The summed E-state index contributed by atoms with van der Waals surface area (Å²) in [6.07, 6.45) is 2.00. The van der Waals surface area contributed by atoms with Crippen molar-refractivity contribution in [3.05, 3.63) is 70.9 Å². The van der Waals surface area contributed by atoms with Crippen molar-refractivity contribution in [1.29, 1.82) is 0 Å². The van der Waals surface area contributed by atoms with Crippen molar-refractivity contribution >= 4 is 17.5 Å². The number of β-amino-alcohol motifs (C(OH)–C–C–N with tert-alkyl or cyclic N) is 1. The third-order valence-corrected chi connectivity index (χ3v) is 8.41. The molecule has 2 amide bonds. The lowest BCUT2D eigenvalue weighted by Gasteiger charge is -2.37. The maximum atomic E-state index is 14.1. The van der Waals surface area contributed by atoms with Gasteiger partial charge in [-0.2, -0.15) is 5.10 Å². The number of benzene rings is 2. The molecule has 2 aromatic carbocycles. The third-order valence-electron chi connectivity index (χ3n) is 8.41. The molecule has 1 saturated heterocycles. The molecule has 1 unspecified atom stereocenters. The van der Waals surface area contributed by atoms with E-state index in [1.807, 2.05) is 29.2 Å². The first-order chi connectivity index (χ1) is 19.3. The number of carbonyl (C=O) groups excluding carboxylic acids is 2. The lowest BCUT2D eigenvalue weighted by atomic mass is 10.0. The number of para-hydroxylation sites is 1. The van der Waals surface area contributed by atoms with E-state index in [0.29, 0.717) is 43.7 Å². The summed E-state index contributed by atoms with van der Waals surface area (Å²) in [5.41, 5.74) is 4.76. The maximum Gasteiger partial charge on any atom is 0.231 e. The number of hydrogen-bond acceptors (Lipinski definition) is 5. The minimum atomic E-state index is -0.956. The Hall–Kier alpha value is -3.63. The number of amides is 2. The third kappa shape index (κ3) is 5.01. The first kappa shape index (κ1) is 26.6. The largest absolute Gasteiger partial charge is 0.390 e. The van der Waals surface area contributed by atoms with Gasteiger partial charge in [0.15, 0.2) is 11.6 Å². The summed E-state index contributed by atoms with van der Waals surface area (Å²) in [4.78, 5) is 30.7. The number of rotatable bonds is 6. The molecule has 1 fully saturated rings. The highest BCUT2D eigenvalue weighted by Crippen LogP contribution is 2.34. The quantitative estimate of drug-likeness (QED) is 0.511. The van der Waals surface area contributed by atoms with Gasteiger partial charge in [-0.3, -0.25) is 14.3 Å². The zero-order valence-electron chi connectivity index (χ0n) is 22.5. The van der Waals surface area contributed by atoms with E-state index in [1.165, 1.54) is 13.0 Å². The predicted octanol–water partition coefficient (Wildman–Crippen LogP) is 3.15. The van der Waals surface area contributed by atoms with E-state index in [9.17, 15) is 23.5 Å².